The molecule has 1 aromatic carbocycles. The summed E-state index contributed by atoms with van der Waals surface area (Å²) in [5.41, 5.74) is 2.14. The highest BCUT2D eigenvalue weighted by atomic mass is 16.4. The summed E-state index contributed by atoms with van der Waals surface area (Å²) in [5.74, 6) is -0.465. The topological polar surface area (TPSA) is 78.3 Å². The maximum Gasteiger partial charge on any atom is 0.417 e. The third-order valence-electron chi connectivity index (χ3n) is 3.21. The van der Waals surface area contributed by atoms with Gasteiger partial charge in [-0.1, -0.05) is 6.07 Å². The highest BCUT2D eigenvalue weighted by molar-refractivity contribution is 5.78. The molecule has 2 aromatic rings. The minimum absolute atomic E-state index is 0.0414. The van der Waals surface area contributed by atoms with E-state index in [4.69, 9.17) is 4.42 Å². The van der Waals surface area contributed by atoms with Gasteiger partial charge in [0.15, 0.2) is 5.58 Å². The molecule has 18 heavy (non-hydrogen) atoms. The summed E-state index contributed by atoms with van der Waals surface area (Å²) in [4.78, 5) is 27.0. The van der Waals surface area contributed by atoms with E-state index in [1.807, 2.05) is 19.1 Å². The van der Waals surface area contributed by atoms with Gasteiger partial charge in [0.25, 0.3) is 0 Å². The van der Waals surface area contributed by atoms with E-state index in [9.17, 15) is 9.59 Å². The molecule has 0 bridgehead atoms. The van der Waals surface area contributed by atoms with Crippen LogP contribution >= 0.6 is 0 Å². The first-order valence-electron chi connectivity index (χ1n) is 5.85. The van der Waals surface area contributed by atoms with Crippen molar-refractivity contribution in [2.24, 2.45) is 0 Å². The Labute approximate surface area is 103 Å². The number of urea groups is 1. The zero-order valence-electron chi connectivity index (χ0n) is 9.90. The van der Waals surface area contributed by atoms with Crippen LogP contribution in [0.25, 0.3) is 11.1 Å². The molecule has 0 aliphatic carbocycles. The van der Waals surface area contributed by atoms with E-state index in [0.29, 0.717) is 24.2 Å². The lowest BCUT2D eigenvalue weighted by Crippen LogP contribution is -2.27. The number of aromatic amines is 1. The lowest BCUT2D eigenvalue weighted by atomic mass is 10.1. The van der Waals surface area contributed by atoms with Gasteiger partial charge in [-0.25, -0.2) is 9.59 Å². The minimum atomic E-state index is -0.465. The van der Waals surface area contributed by atoms with Gasteiger partial charge in [-0.2, -0.15) is 0 Å². The SMILES string of the molecule is CCN1CC(c2ccc3oc(=O)[nH]c3c2)NC1=O. The van der Waals surface area contributed by atoms with Crippen molar-refractivity contribution in [3.8, 4) is 0 Å². The maximum atomic E-state index is 11.6. The number of nitrogens with zero attached hydrogens (tertiary/aromatic N) is 1. The lowest BCUT2D eigenvalue weighted by molar-refractivity contribution is 0.219. The van der Waals surface area contributed by atoms with Gasteiger partial charge in [-0.3, -0.25) is 4.98 Å². The number of carbonyl (C=O) groups is 1. The number of hydrogen-bond donors (Lipinski definition) is 2. The molecule has 1 atom stereocenters. The molecule has 2 amide bonds. The molecular weight excluding hydrogens is 234 g/mol. The molecule has 0 saturated carbocycles. The zero-order valence-corrected chi connectivity index (χ0v) is 9.90. The summed E-state index contributed by atoms with van der Waals surface area (Å²) < 4.78 is 4.94. The molecule has 1 aromatic heterocycles. The number of rotatable bonds is 2. The van der Waals surface area contributed by atoms with Crippen molar-refractivity contribution in [2.45, 2.75) is 13.0 Å². The molecule has 2 heterocycles. The van der Waals surface area contributed by atoms with Crippen molar-refractivity contribution in [1.29, 1.82) is 0 Å². The molecule has 1 aliphatic heterocycles. The summed E-state index contributed by atoms with van der Waals surface area (Å²) in [6, 6.07) is 5.35. The summed E-state index contributed by atoms with van der Waals surface area (Å²) in [7, 11) is 0. The molecule has 3 rings (SSSR count). The lowest BCUT2D eigenvalue weighted by Gasteiger charge is -2.11. The Hall–Kier alpha value is -2.24. The van der Waals surface area contributed by atoms with Gasteiger partial charge in [-0.15, -0.1) is 0 Å². The number of aromatic nitrogens is 1. The molecule has 2 N–H and O–H groups in total. The Morgan fingerprint density at radius 3 is 3.00 bits per heavy atom. The fourth-order valence-electron chi connectivity index (χ4n) is 2.24. The highest BCUT2D eigenvalue weighted by Gasteiger charge is 2.28. The first-order chi connectivity index (χ1) is 8.67. The van der Waals surface area contributed by atoms with Crippen molar-refractivity contribution in [3.05, 3.63) is 34.3 Å². The zero-order chi connectivity index (χ0) is 12.7. The Bertz CT molecular complexity index is 658. The van der Waals surface area contributed by atoms with Crippen molar-refractivity contribution < 1.29 is 9.21 Å². The molecule has 1 fully saturated rings. The quantitative estimate of drug-likeness (QED) is 0.837. The van der Waals surface area contributed by atoms with Crippen molar-refractivity contribution in [3.63, 3.8) is 0 Å². The second kappa shape index (κ2) is 3.90. The van der Waals surface area contributed by atoms with E-state index in [-0.39, 0.29) is 12.1 Å². The van der Waals surface area contributed by atoms with E-state index in [2.05, 4.69) is 10.3 Å². The van der Waals surface area contributed by atoms with E-state index >= 15 is 0 Å². The highest BCUT2D eigenvalue weighted by Crippen LogP contribution is 2.22. The molecule has 0 radical (unpaired) electrons. The number of carbonyl (C=O) groups excluding carboxylic acids is 1. The van der Waals surface area contributed by atoms with E-state index < -0.39 is 5.76 Å². The Kier molecular flexibility index (Phi) is 2.36. The Morgan fingerprint density at radius 2 is 2.28 bits per heavy atom. The summed E-state index contributed by atoms with van der Waals surface area (Å²) in [5, 5.41) is 2.91. The molecular formula is C12H13N3O3. The van der Waals surface area contributed by atoms with Gasteiger partial charge in [0.05, 0.1) is 11.6 Å². The van der Waals surface area contributed by atoms with Crippen LogP contribution in [0.1, 0.15) is 18.5 Å². The smallest absolute Gasteiger partial charge is 0.408 e. The van der Waals surface area contributed by atoms with E-state index in [1.165, 1.54) is 0 Å². The molecule has 1 saturated heterocycles. The van der Waals surface area contributed by atoms with Gasteiger partial charge < -0.3 is 14.6 Å². The monoisotopic (exact) mass is 247 g/mol. The number of fused-ring (bicyclic) bond motifs is 1. The molecule has 6 nitrogen and oxygen atoms in total. The Morgan fingerprint density at radius 1 is 1.44 bits per heavy atom. The van der Waals surface area contributed by atoms with Crippen molar-refractivity contribution in [1.82, 2.24) is 15.2 Å². The summed E-state index contributed by atoms with van der Waals surface area (Å²) >= 11 is 0. The molecule has 0 spiro atoms. The largest absolute Gasteiger partial charge is 0.417 e. The second-order valence-corrected chi connectivity index (χ2v) is 4.31. The van der Waals surface area contributed by atoms with Crippen LogP contribution < -0.4 is 11.1 Å². The average molecular weight is 247 g/mol. The maximum absolute atomic E-state index is 11.6. The molecule has 1 unspecified atom stereocenters. The number of likely N-dealkylation sites (N-methyl/N-ethyl adjacent to an activating group) is 1. The van der Waals surface area contributed by atoms with Crippen LogP contribution in [0.2, 0.25) is 0 Å². The van der Waals surface area contributed by atoms with Gasteiger partial charge in [0.1, 0.15) is 0 Å². The van der Waals surface area contributed by atoms with Gasteiger partial charge in [-0.05, 0) is 24.6 Å². The number of benzene rings is 1. The van der Waals surface area contributed by atoms with Crippen LogP contribution in [0.4, 0.5) is 4.79 Å². The first-order valence-corrected chi connectivity index (χ1v) is 5.85. The van der Waals surface area contributed by atoms with Gasteiger partial charge >= 0.3 is 11.8 Å². The van der Waals surface area contributed by atoms with Crippen LogP contribution in [-0.2, 0) is 0 Å². The van der Waals surface area contributed by atoms with Crippen molar-refractivity contribution in [2.75, 3.05) is 13.1 Å². The normalized spacial score (nSPS) is 19.5. The fraction of sp³-hybridized carbons (Fsp3) is 0.333. The predicted molar refractivity (Wildman–Crippen MR) is 65.4 cm³/mol. The van der Waals surface area contributed by atoms with Crippen LogP contribution in [0.3, 0.4) is 0 Å². The van der Waals surface area contributed by atoms with Crippen LogP contribution in [-0.4, -0.2) is 29.0 Å². The van der Waals surface area contributed by atoms with E-state index in [0.717, 1.165) is 5.56 Å². The standard InChI is InChI=1S/C12H13N3O3/c1-2-15-6-9(13-11(15)16)7-3-4-10-8(5-7)14-12(17)18-10/h3-5,9H,2,6H2,1H3,(H,13,16)(H,14,17). The number of amides is 2. The van der Waals surface area contributed by atoms with Crippen molar-refractivity contribution >= 4 is 17.1 Å². The first kappa shape index (κ1) is 10.9. The van der Waals surface area contributed by atoms with Crippen LogP contribution in [0.5, 0.6) is 0 Å². The number of hydrogen-bond acceptors (Lipinski definition) is 3. The second-order valence-electron chi connectivity index (χ2n) is 4.31. The fourth-order valence-corrected chi connectivity index (χ4v) is 2.24. The van der Waals surface area contributed by atoms with Crippen LogP contribution in [0, 0.1) is 0 Å². The number of nitrogens with one attached hydrogen (secondary N) is 2. The third kappa shape index (κ3) is 1.66. The third-order valence-corrected chi connectivity index (χ3v) is 3.21. The molecule has 1 aliphatic rings. The predicted octanol–water partition coefficient (Wildman–Crippen LogP) is 1.21. The number of H-pyrrole nitrogens is 1. The summed E-state index contributed by atoms with van der Waals surface area (Å²) in [6.45, 7) is 3.27. The minimum Gasteiger partial charge on any atom is -0.408 e. The molecule has 6 heteroatoms. The Balaban J connectivity index is 1.95. The average Bonchev–Trinajstić information content (AvgIpc) is 2.89. The van der Waals surface area contributed by atoms with E-state index in [1.54, 1.807) is 11.0 Å². The molecule has 94 valence electrons. The van der Waals surface area contributed by atoms with Crippen LogP contribution in [0.15, 0.2) is 27.4 Å². The van der Waals surface area contributed by atoms with Gasteiger partial charge in [0.2, 0.25) is 0 Å². The summed E-state index contributed by atoms with van der Waals surface area (Å²) in [6.07, 6.45) is 0. The van der Waals surface area contributed by atoms with Gasteiger partial charge in [0, 0.05) is 13.1 Å². The number of oxazole rings is 1.